The van der Waals surface area contributed by atoms with Crippen LogP contribution in [0.4, 0.5) is 27.8 Å². The number of benzene rings is 2. The summed E-state index contributed by atoms with van der Waals surface area (Å²) in [5.74, 6) is 0.841. The van der Waals surface area contributed by atoms with Crippen LogP contribution in [0.5, 0.6) is 11.8 Å². The van der Waals surface area contributed by atoms with E-state index in [1.807, 2.05) is 4.90 Å². The maximum atomic E-state index is 16.9. The molecule has 8 rings (SSSR count). The van der Waals surface area contributed by atoms with Gasteiger partial charge in [-0.3, -0.25) is 9.88 Å². The number of pyridine rings is 1. The highest BCUT2D eigenvalue weighted by molar-refractivity contribution is 6.03. The van der Waals surface area contributed by atoms with Crippen LogP contribution >= 0.6 is 0 Å². The van der Waals surface area contributed by atoms with Crippen molar-refractivity contribution >= 4 is 27.5 Å². The summed E-state index contributed by atoms with van der Waals surface area (Å²) in [6.45, 7) is 1.81. The van der Waals surface area contributed by atoms with Gasteiger partial charge in [0.25, 0.3) is 0 Å². The van der Waals surface area contributed by atoms with Gasteiger partial charge in [-0.2, -0.15) is 9.97 Å². The second kappa shape index (κ2) is 11.4. The Balaban J connectivity index is 1.27. The molecule has 2 unspecified atom stereocenters. The highest BCUT2D eigenvalue weighted by atomic mass is 19.3. The lowest BCUT2D eigenvalue weighted by molar-refractivity contribution is 0.0938. The molecule has 4 atom stereocenters. The summed E-state index contributed by atoms with van der Waals surface area (Å²) < 4.78 is 79.9. The molecule has 4 aliphatic rings. The first-order valence-corrected chi connectivity index (χ1v) is 16.2. The molecule has 2 N–H and O–H groups in total. The molecule has 250 valence electrons. The number of fused-ring (bicyclic) bond motifs is 5. The lowest BCUT2D eigenvalue weighted by Gasteiger charge is -2.42. The van der Waals surface area contributed by atoms with E-state index < -0.39 is 35.3 Å². The number of ether oxygens (including phenoxy) is 1. The molecule has 2 aromatic carbocycles. The van der Waals surface area contributed by atoms with E-state index in [0.29, 0.717) is 37.7 Å². The molecule has 0 aliphatic carbocycles. The van der Waals surface area contributed by atoms with E-state index in [-0.39, 0.29) is 76.3 Å². The number of rotatable bonds is 7. The van der Waals surface area contributed by atoms with Gasteiger partial charge in [0, 0.05) is 61.2 Å². The number of phenolic OH excluding ortho intramolecular Hbond substituents is 1. The molecule has 4 aromatic rings. The number of nitrogens with zero attached hydrogens (tertiary/aromatic N) is 5. The molecule has 13 heteroatoms. The molecule has 2 aromatic heterocycles. The number of anilines is 1. The molecule has 6 heterocycles. The van der Waals surface area contributed by atoms with E-state index in [4.69, 9.17) is 16.1 Å². The molecule has 0 amide bonds. The summed E-state index contributed by atoms with van der Waals surface area (Å²) >= 11 is 0. The second-order valence-electron chi connectivity index (χ2n) is 13.7. The van der Waals surface area contributed by atoms with Crippen LogP contribution in [-0.4, -0.2) is 87.5 Å². The Labute approximate surface area is 273 Å². The number of nitrogens with one attached hydrogen (secondary N) is 1. The number of hydrogen-bond donors (Lipinski definition) is 2. The minimum atomic E-state index is -2.52. The molecule has 4 aliphatic heterocycles. The molecule has 48 heavy (non-hydrogen) atoms. The maximum absolute atomic E-state index is 16.9. The first-order chi connectivity index (χ1) is 23.1. The van der Waals surface area contributed by atoms with Gasteiger partial charge in [0.05, 0.1) is 16.5 Å². The van der Waals surface area contributed by atoms with Gasteiger partial charge in [0.2, 0.25) is 6.43 Å². The van der Waals surface area contributed by atoms with Crippen LogP contribution in [0.2, 0.25) is 0 Å². The predicted octanol–water partition coefficient (Wildman–Crippen LogP) is 5.73. The van der Waals surface area contributed by atoms with E-state index in [9.17, 15) is 22.7 Å². The van der Waals surface area contributed by atoms with Gasteiger partial charge in [0.1, 0.15) is 41.4 Å². The van der Waals surface area contributed by atoms with Crippen molar-refractivity contribution in [1.29, 1.82) is 0 Å². The zero-order valence-corrected chi connectivity index (χ0v) is 26.0. The molecule has 4 saturated heterocycles. The summed E-state index contributed by atoms with van der Waals surface area (Å²) in [7, 11) is 0. The molecule has 2 bridgehead atoms. The van der Waals surface area contributed by atoms with Crippen LogP contribution in [0.3, 0.4) is 0 Å². The number of hydrogen-bond acceptors (Lipinski definition) is 8. The minimum Gasteiger partial charge on any atom is -0.508 e. The Hall–Kier alpha value is -4.28. The van der Waals surface area contributed by atoms with Crippen LogP contribution in [0.15, 0.2) is 30.5 Å². The fourth-order valence-electron chi connectivity index (χ4n) is 8.58. The highest BCUT2D eigenvalue weighted by Crippen LogP contribution is 2.43. The summed E-state index contributed by atoms with van der Waals surface area (Å²) in [4.78, 5) is 17.6. The zero-order chi connectivity index (χ0) is 33.4. The van der Waals surface area contributed by atoms with Crippen molar-refractivity contribution < 1.29 is 31.8 Å². The van der Waals surface area contributed by atoms with Gasteiger partial charge in [0.15, 0.2) is 5.82 Å². The third kappa shape index (κ3) is 5.08. The van der Waals surface area contributed by atoms with Gasteiger partial charge in [-0.25, -0.2) is 22.0 Å². The number of terminal acetylenes is 1. The summed E-state index contributed by atoms with van der Waals surface area (Å²) in [6.07, 6.45) is 6.42. The minimum absolute atomic E-state index is 0.0658. The second-order valence-corrected chi connectivity index (χ2v) is 13.7. The van der Waals surface area contributed by atoms with E-state index in [2.05, 4.69) is 26.1 Å². The number of aromatic hydroxyl groups is 1. The van der Waals surface area contributed by atoms with Crippen molar-refractivity contribution in [2.24, 2.45) is 0 Å². The van der Waals surface area contributed by atoms with Crippen LogP contribution < -0.4 is 15.0 Å². The molecule has 0 radical (unpaired) electrons. The van der Waals surface area contributed by atoms with E-state index in [0.717, 1.165) is 19.4 Å². The molecule has 4 fully saturated rings. The highest BCUT2D eigenvalue weighted by Gasteiger charge is 2.50. The molecular weight excluding hydrogens is 631 g/mol. The maximum Gasteiger partial charge on any atom is 0.319 e. The number of phenols is 1. The lowest BCUT2D eigenvalue weighted by atomic mass is 9.92. The van der Waals surface area contributed by atoms with Crippen LogP contribution in [-0.2, 0) is 0 Å². The lowest BCUT2D eigenvalue weighted by Crippen LogP contribution is -2.60. The SMILES string of the molecule is C#Cc1c(F)ccc2cc(O)cc(-c3ncc4c(N5CC6CCC(CC(F)F)(C5)N6)nc(OC[C@@]56CCCN5C[C@H](F)C6)nc4c3F)c12. The Bertz CT molecular complexity index is 1990. The van der Waals surface area contributed by atoms with E-state index in [1.165, 1.54) is 30.5 Å². The fourth-order valence-corrected chi connectivity index (χ4v) is 8.58. The van der Waals surface area contributed by atoms with Gasteiger partial charge in [-0.1, -0.05) is 12.0 Å². The van der Waals surface area contributed by atoms with Crippen LogP contribution in [0.25, 0.3) is 32.9 Å². The van der Waals surface area contributed by atoms with E-state index >= 15 is 4.39 Å². The van der Waals surface area contributed by atoms with Crippen molar-refractivity contribution in [2.75, 3.05) is 37.7 Å². The number of halogens is 5. The predicted molar refractivity (Wildman–Crippen MR) is 170 cm³/mol. The topological polar surface area (TPSA) is 86.6 Å². The monoisotopic (exact) mass is 664 g/mol. The van der Waals surface area contributed by atoms with Gasteiger partial charge < -0.3 is 20.1 Å². The standard InChI is InChI=1S/C35H33F5N6O2/c1-2-23-26(37)5-4-19-10-22(47)11-24(28(19)23)30-29(40)31-25(14-41-30)32(45-16-21-6-8-34(17-45,44-21)13-27(38)39)43-33(42-31)48-18-35-7-3-9-46(35)15-20(36)12-35/h1,4-5,10-11,14,20-21,27,44,47H,3,6-9,12-13,15-18H2/t20-,21?,34?,35+/m1/s1. The van der Waals surface area contributed by atoms with Gasteiger partial charge in [-0.05, 0) is 55.8 Å². The summed E-state index contributed by atoms with van der Waals surface area (Å²) in [5, 5.41) is 14.7. The third-order valence-corrected chi connectivity index (χ3v) is 10.6. The summed E-state index contributed by atoms with van der Waals surface area (Å²) in [5.41, 5.74) is -1.80. The molecular formula is C35H33F5N6O2. The van der Waals surface area contributed by atoms with Crippen molar-refractivity contribution in [3.8, 4) is 35.4 Å². The normalized spacial score (nSPS) is 26.9. The Morgan fingerprint density at radius 2 is 2.02 bits per heavy atom. The average Bonchev–Trinajstić information content (AvgIpc) is 3.67. The van der Waals surface area contributed by atoms with Crippen molar-refractivity contribution in [3.63, 3.8) is 0 Å². The molecule has 8 nitrogen and oxygen atoms in total. The van der Waals surface area contributed by atoms with Crippen molar-refractivity contribution in [3.05, 3.63) is 47.7 Å². The van der Waals surface area contributed by atoms with Gasteiger partial charge >= 0.3 is 6.01 Å². The quantitative estimate of drug-likeness (QED) is 0.192. The fraction of sp³-hybridized carbons (Fsp3) is 0.457. The van der Waals surface area contributed by atoms with Crippen molar-refractivity contribution in [2.45, 2.75) is 68.2 Å². The van der Waals surface area contributed by atoms with E-state index in [1.54, 1.807) is 0 Å². The zero-order valence-electron chi connectivity index (χ0n) is 26.0. The Kier molecular flexibility index (Phi) is 7.37. The Morgan fingerprint density at radius 1 is 1.17 bits per heavy atom. The number of aromatic nitrogens is 3. The van der Waals surface area contributed by atoms with Gasteiger partial charge in [-0.15, -0.1) is 6.42 Å². The van der Waals surface area contributed by atoms with Crippen molar-refractivity contribution in [1.82, 2.24) is 25.2 Å². The Morgan fingerprint density at radius 3 is 2.83 bits per heavy atom. The smallest absolute Gasteiger partial charge is 0.319 e. The van der Waals surface area contributed by atoms with Crippen LogP contribution in [0.1, 0.15) is 44.1 Å². The first-order valence-electron chi connectivity index (χ1n) is 16.2. The first kappa shape index (κ1) is 31.0. The average molecular weight is 665 g/mol. The summed E-state index contributed by atoms with van der Waals surface area (Å²) in [6, 6.07) is 5.06. The third-order valence-electron chi connectivity index (χ3n) is 10.6. The molecule has 0 saturated carbocycles. The molecule has 0 spiro atoms. The number of alkyl halides is 3. The number of piperazine rings is 1. The largest absolute Gasteiger partial charge is 0.508 e. The van der Waals surface area contributed by atoms with Crippen LogP contribution in [0, 0.1) is 24.0 Å².